The Bertz CT molecular complexity index is 431. The van der Waals surface area contributed by atoms with Gasteiger partial charge in [0, 0.05) is 4.90 Å². The molecule has 1 heterocycles. The summed E-state index contributed by atoms with van der Waals surface area (Å²) in [7, 11) is -0.398. The molecule has 0 aromatic heterocycles. The predicted molar refractivity (Wildman–Crippen MR) is 81.2 cm³/mol. The molecule has 1 fully saturated rings. The molecule has 1 aromatic carbocycles. The molecule has 3 nitrogen and oxygen atoms in total. The lowest BCUT2D eigenvalue weighted by Gasteiger charge is -2.32. The Hall–Kier alpha value is -0.485. The van der Waals surface area contributed by atoms with Crippen molar-refractivity contribution >= 4 is 18.9 Å². The van der Waals surface area contributed by atoms with Crippen LogP contribution in [0.3, 0.4) is 0 Å². The molecule has 104 valence electrons. The summed E-state index contributed by atoms with van der Waals surface area (Å²) in [5.74, 6) is -0.267. The van der Waals surface area contributed by atoms with E-state index in [1.165, 1.54) is 4.90 Å². The molecular weight excluding hydrogens is 257 g/mol. The van der Waals surface area contributed by atoms with Crippen molar-refractivity contribution in [1.82, 2.24) is 0 Å². The summed E-state index contributed by atoms with van der Waals surface area (Å²) >= 11 is 1.72. The van der Waals surface area contributed by atoms with Crippen LogP contribution in [0.5, 0.6) is 0 Å². The van der Waals surface area contributed by atoms with Crippen molar-refractivity contribution in [3.05, 3.63) is 29.8 Å². The molecule has 0 radical (unpaired) electrons. The quantitative estimate of drug-likeness (QED) is 0.682. The van der Waals surface area contributed by atoms with Crippen molar-refractivity contribution in [2.75, 3.05) is 6.26 Å². The maximum Gasteiger partial charge on any atom is 0.480 e. The minimum absolute atomic E-state index is 0.267. The van der Waals surface area contributed by atoms with Crippen LogP contribution in [-0.2, 0) is 9.31 Å². The summed E-state index contributed by atoms with van der Waals surface area (Å²) in [6.45, 7) is 8.15. The van der Waals surface area contributed by atoms with E-state index in [0.29, 0.717) is 0 Å². The highest BCUT2D eigenvalue weighted by atomic mass is 32.2. The van der Waals surface area contributed by atoms with E-state index in [9.17, 15) is 0 Å². The lowest BCUT2D eigenvalue weighted by molar-refractivity contribution is 0.00578. The van der Waals surface area contributed by atoms with Crippen molar-refractivity contribution in [2.24, 2.45) is 5.73 Å². The number of thioether (sulfide) groups is 1. The van der Waals surface area contributed by atoms with Crippen LogP contribution in [0.1, 0.15) is 39.2 Å². The first-order chi connectivity index (χ1) is 8.77. The van der Waals surface area contributed by atoms with Gasteiger partial charge in [-0.1, -0.05) is 12.1 Å². The number of hydrogen-bond acceptors (Lipinski definition) is 4. The van der Waals surface area contributed by atoms with E-state index in [1.807, 2.05) is 39.8 Å². The molecule has 1 saturated heterocycles. The summed E-state index contributed by atoms with van der Waals surface area (Å²) in [6.07, 6.45) is 2.06. The summed E-state index contributed by atoms with van der Waals surface area (Å²) in [5, 5.41) is 0. The average Bonchev–Trinajstić information content (AvgIpc) is 2.58. The van der Waals surface area contributed by atoms with Gasteiger partial charge >= 0.3 is 7.12 Å². The van der Waals surface area contributed by atoms with Gasteiger partial charge in [0.2, 0.25) is 0 Å². The van der Waals surface area contributed by atoms with E-state index in [-0.39, 0.29) is 17.1 Å². The smallest absolute Gasteiger partial charge is 0.402 e. The van der Waals surface area contributed by atoms with Gasteiger partial charge in [-0.15, -0.1) is 11.8 Å². The zero-order chi connectivity index (χ0) is 14.3. The first kappa shape index (κ1) is 14.9. The maximum atomic E-state index is 6.28. The van der Waals surface area contributed by atoms with Gasteiger partial charge in [-0.25, -0.2) is 0 Å². The Morgan fingerprint density at radius 1 is 1.05 bits per heavy atom. The second kappa shape index (κ2) is 5.13. The van der Waals surface area contributed by atoms with Gasteiger partial charge in [-0.2, -0.15) is 0 Å². The SMILES string of the molecule is CSc1ccc([C@H](N)B2OC(C)(C)C(C)(C)O2)cc1. The van der Waals surface area contributed by atoms with Gasteiger partial charge in [0.1, 0.15) is 0 Å². The van der Waals surface area contributed by atoms with Gasteiger partial charge in [0.15, 0.2) is 0 Å². The van der Waals surface area contributed by atoms with Crippen LogP contribution < -0.4 is 5.73 Å². The first-order valence-electron chi connectivity index (χ1n) is 6.52. The van der Waals surface area contributed by atoms with Crippen LogP contribution >= 0.6 is 11.8 Å². The Morgan fingerprint density at radius 3 is 1.95 bits per heavy atom. The van der Waals surface area contributed by atoms with Crippen LogP contribution in [0.25, 0.3) is 0 Å². The topological polar surface area (TPSA) is 44.5 Å². The monoisotopic (exact) mass is 279 g/mol. The molecule has 1 aliphatic heterocycles. The molecule has 1 atom stereocenters. The number of benzene rings is 1. The highest BCUT2D eigenvalue weighted by molar-refractivity contribution is 7.98. The van der Waals surface area contributed by atoms with Crippen LogP contribution in [-0.4, -0.2) is 24.6 Å². The van der Waals surface area contributed by atoms with Crippen LogP contribution in [0.2, 0.25) is 0 Å². The summed E-state index contributed by atoms with van der Waals surface area (Å²) in [6, 6.07) is 8.24. The highest BCUT2D eigenvalue weighted by Crippen LogP contribution is 2.39. The first-order valence-corrected chi connectivity index (χ1v) is 7.74. The third-order valence-corrected chi connectivity index (χ3v) is 4.81. The molecule has 2 rings (SSSR count). The molecule has 0 aliphatic carbocycles. The summed E-state index contributed by atoms with van der Waals surface area (Å²) in [4.78, 5) is 1.23. The maximum absolute atomic E-state index is 6.28. The van der Waals surface area contributed by atoms with Crippen molar-refractivity contribution in [2.45, 2.75) is 49.7 Å². The highest BCUT2D eigenvalue weighted by Gasteiger charge is 2.53. The van der Waals surface area contributed by atoms with Crippen LogP contribution in [0.4, 0.5) is 0 Å². The third-order valence-electron chi connectivity index (χ3n) is 4.07. The Labute approximate surface area is 120 Å². The normalized spacial score (nSPS) is 22.5. The molecule has 19 heavy (non-hydrogen) atoms. The molecule has 0 unspecified atom stereocenters. The van der Waals surface area contributed by atoms with Crippen molar-refractivity contribution < 1.29 is 9.31 Å². The molecule has 0 amide bonds. The number of rotatable bonds is 3. The van der Waals surface area contributed by atoms with Crippen LogP contribution in [0.15, 0.2) is 29.2 Å². The molecule has 0 spiro atoms. The second-order valence-corrected chi connectivity index (χ2v) is 6.80. The average molecular weight is 279 g/mol. The van der Waals surface area contributed by atoms with Crippen LogP contribution in [0, 0.1) is 0 Å². The van der Waals surface area contributed by atoms with Gasteiger partial charge in [0.05, 0.1) is 17.1 Å². The minimum atomic E-state index is -0.398. The van der Waals surface area contributed by atoms with E-state index in [1.54, 1.807) is 11.8 Å². The third kappa shape index (κ3) is 2.84. The number of nitrogens with two attached hydrogens (primary N) is 1. The molecule has 5 heteroatoms. The molecule has 0 saturated carbocycles. The lowest BCUT2D eigenvalue weighted by Crippen LogP contribution is -2.41. The molecule has 1 aromatic rings. The van der Waals surface area contributed by atoms with E-state index in [0.717, 1.165) is 5.56 Å². The minimum Gasteiger partial charge on any atom is -0.402 e. The summed E-state index contributed by atoms with van der Waals surface area (Å²) in [5.41, 5.74) is 6.64. The van der Waals surface area contributed by atoms with E-state index >= 15 is 0 Å². The molecule has 2 N–H and O–H groups in total. The fourth-order valence-electron chi connectivity index (χ4n) is 2.02. The molecular formula is C14H22BNO2S. The van der Waals surface area contributed by atoms with Gasteiger partial charge in [-0.05, 0) is 51.6 Å². The van der Waals surface area contributed by atoms with Gasteiger partial charge in [0.25, 0.3) is 0 Å². The second-order valence-electron chi connectivity index (χ2n) is 5.92. The summed E-state index contributed by atoms with van der Waals surface area (Å²) < 4.78 is 12.0. The van der Waals surface area contributed by atoms with Crippen molar-refractivity contribution in [3.8, 4) is 0 Å². The van der Waals surface area contributed by atoms with Gasteiger partial charge in [-0.3, -0.25) is 0 Å². The van der Waals surface area contributed by atoms with Gasteiger partial charge < -0.3 is 15.0 Å². The van der Waals surface area contributed by atoms with E-state index < -0.39 is 7.12 Å². The fourth-order valence-corrected chi connectivity index (χ4v) is 2.43. The molecule has 0 bridgehead atoms. The Morgan fingerprint density at radius 2 is 1.53 bits per heavy atom. The zero-order valence-corrected chi connectivity index (χ0v) is 13.1. The largest absolute Gasteiger partial charge is 0.480 e. The predicted octanol–water partition coefficient (Wildman–Crippen LogP) is 3.04. The fraction of sp³-hybridized carbons (Fsp3) is 0.571. The Kier molecular flexibility index (Phi) is 4.03. The number of hydrogen-bond donors (Lipinski definition) is 1. The standard InChI is InChI=1S/C14H22BNO2S/c1-13(2)14(3,4)18-15(17-13)12(16)10-6-8-11(19-5)9-7-10/h6-9,12H,16H2,1-5H3/t12-/m0/s1. The van der Waals surface area contributed by atoms with Crippen molar-refractivity contribution in [3.63, 3.8) is 0 Å². The Balaban J connectivity index is 2.14. The lowest BCUT2D eigenvalue weighted by atomic mass is 9.75. The van der Waals surface area contributed by atoms with Crippen molar-refractivity contribution in [1.29, 1.82) is 0 Å². The van der Waals surface area contributed by atoms with E-state index in [2.05, 4.69) is 18.4 Å². The van der Waals surface area contributed by atoms with E-state index in [4.69, 9.17) is 15.0 Å². The zero-order valence-electron chi connectivity index (χ0n) is 12.3. The molecule has 1 aliphatic rings.